The first-order valence-electron chi connectivity index (χ1n) is 13.8. The lowest BCUT2D eigenvalue weighted by molar-refractivity contribution is -0.0564. The van der Waals surface area contributed by atoms with Crippen molar-refractivity contribution in [2.45, 2.75) is 38.2 Å². The van der Waals surface area contributed by atoms with Gasteiger partial charge in [-0.2, -0.15) is 0 Å². The summed E-state index contributed by atoms with van der Waals surface area (Å²) in [6, 6.07) is 18.8. The number of amidine groups is 1. The maximum absolute atomic E-state index is 15.5. The number of carbonyl (C=O) groups excluding carboxylic acids is 2. The zero-order chi connectivity index (χ0) is 29.6. The molecule has 0 aromatic heterocycles. The molecule has 1 heterocycles. The molecule has 3 aromatic carbocycles. The highest BCUT2D eigenvalue weighted by molar-refractivity contribution is 5.98. The lowest BCUT2D eigenvalue weighted by Gasteiger charge is -2.43. The van der Waals surface area contributed by atoms with Crippen molar-refractivity contribution < 1.29 is 23.8 Å². The molecule has 0 saturated carbocycles. The minimum Gasteiger partial charge on any atom is -0.453 e. The van der Waals surface area contributed by atoms with Gasteiger partial charge in [0.05, 0.1) is 12.7 Å². The average molecular weight is 561 g/mol. The lowest BCUT2D eigenvalue weighted by atomic mass is 9.72. The summed E-state index contributed by atoms with van der Waals surface area (Å²) in [6.45, 7) is 3.00. The Morgan fingerprint density at radius 1 is 1.15 bits per heavy atom. The van der Waals surface area contributed by atoms with Crippen molar-refractivity contribution in [2.24, 2.45) is 11.7 Å². The van der Waals surface area contributed by atoms with Gasteiger partial charge < -0.3 is 25.8 Å². The van der Waals surface area contributed by atoms with Crippen LogP contribution in [0.4, 0.5) is 9.18 Å². The summed E-state index contributed by atoms with van der Waals surface area (Å²) in [5.41, 5.74) is 7.49. The number of ether oxygens (including phenoxy) is 1. The Labute approximate surface area is 239 Å². The topological polar surface area (TPSA) is 129 Å². The predicted molar refractivity (Wildman–Crippen MR) is 156 cm³/mol. The molecule has 5 N–H and O–H groups in total. The molecule has 0 bridgehead atoms. The second-order valence-electron chi connectivity index (χ2n) is 10.6. The monoisotopic (exact) mass is 560 g/mol. The molecule has 216 valence electrons. The Bertz CT molecular complexity index is 1410. The van der Waals surface area contributed by atoms with Gasteiger partial charge in [0, 0.05) is 42.2 Å². The van der Waals surface area contributed by atoms with Crippen molar-refractivity contribution in [2.75, 3.05) is 26.7 Å². The number of hydrogen-bond donors (Lipinski definition) is 4. The summed E-state index contributed by atoms with van der Waals surface area (Å²) in [6.07, 6.45) is 1.38. The fourth-order valence-corrected chi connectivity index (χ4v) is 5.68. The number of aryl methyl sites for hydroxylation is 1. The van der Waals surface area contributed by atoms with Crippen LogP contribution in [-0.4, -0.2) is 54.6 Å². The van der Waals surface area contributed by atoms with Crippen molar-refractivity contribution in [3.8, 4) is 11.1 Å². The molecule has 1 fully saturated rings. The number of aliphatic hydroxyl groups is 1. The van der Waals surface area contributed by atoms with Crippen molar-refractivity contribution in [1.29, 1.82) is 5.41 Å². The maximum Gasteiger partial charge on any atom is 0.406 e. The van der Waals surface area contributed by atoms with Gasteiger partial charge in [-0.05, 0) is 61.9 Å². The summed E-state index contributed by atoms with van der Waals surface area (Å²) < 4.78 is 20.2. The van der Waals surface area contributed by atoms with E-state index >= 15 is 4.39 Å². The first-order valence-corrected chi connectivity index (χ1v) is 13.8. The van der Waals surface area contributed by atoms with Gasteiger partial charge in [0.2, 0.25) is 0 Å². The Kier molecular flexibility index (Phi) is 9.39. The second-order valence-corrected chi connectivity index (χ2v) is 10.6. The van der Waals surface area contributed by atoms with Crippen LogP contribution >= 0.6 is 0 Å². The van der Waals surface area contributed by atoms with Crippen LogP contribution in [-0.2, 0) is 10.3 Å². The predicted octanol–water partition coefficient (Wildman–Crippen LogP) is 4.96. The number of benzene rings is 3. The molecule has 0 aliphatic carbocycles. The molecule has 2 amide bonds. The van der Waals surface area contributed by atoms with E-state index in [1.807, 2.05) is 31.2 Å². The zero-order valence-electron chi connectivity index (χ0n) is 23.5. The minimum absolute atomic E-state index is 0.0757. The highest BCUT2D eigenvalue weighted by atomic mass is 19.1. The molecule has 41 heavy (non-hydrogen) atoms. The van der Waals surface area contributed by atoms with E-state index in [4.69, 9.17) is 11.1 Å². The normalized spacial score (nSPS) is 16.5. The van der Waals surface area contributed by atoms with E-state index in [2.05, 4.69) is 10.1 Å². The van der Waals surface area contributed by atoms with E-state index in [0.29, 0.717) is 53.6 Å². The third-order valence-electron chi connectivity index (χ3n) is 7.80. The highest BCUT2D eigenvalue weighted by Crippen LogP contribution is 2.44. The van der Waals surface area contributed by atoms with Crippen LogP contribution in [0, 0.1) is 24.1 Å². The number of piperidine rings is 1. The van der Waals surface area contributed by atoms with Gasteiger partial charge in [0.25, 0.3) is 5.91 Å². The first kappa shape index (κ1) is 29.7. The van der Waals surface area contributed by atoms with Gasteiger partial charge in [-0.25, -0.2) is 9.18 Å². The highest BCUT2D eigenvalue weighted by Gasteiger charge is 2.43. The zero-order valence-corrected chi connectivity index (χ0v) is 23.5. The Balaban J connectivity index is 1.69. The number of halogens is 1. The van der Waals surface area contributed by atoms with Gasteiger partial charge in [0.15, 0.2) is 0 Å². The molecule has 8 nitrogen and oxygen atoms in total. The summed E-state index contributed by atoms with van der Waals surface area (Å²) in [5.74, 6) is -1.08. The number of methoxy groups -OCH3 is 1. The molecule has 2 atom stereocenters. The van der Waals surface area contributed by atoms with Crippen molar-refractivity contribution in [3.63, 3.8) is 0 Å². The number of nitrogen functional groups attached to an aromatic ring is 1. The molecule has 0 radical (unpaired) electrons. The van der Waals surface area contributed by atoms with E-state index in [-0.39, 0.29) is 37.2 Å². The van der Waals surface area contributed by atoms with Crippen LogP contribution in [0.15, 0.2) is 66.7 Å². The molecule has 1 aliphatic heterocycles. The van der Waals surface area contributed by atoms with E-state index in [1.165, 1.54) is 13.2 Å². The molecule has 1 aliphatic rings. The van der Waals surface area contributed by atoms with E-state index in [0.717, 1.165) is 5.56 Å². The third kappa shape index (κ3) is 6.74. The van der Waals surface area contributed by atoms with E-state index in [9.17, 15) is 14.7 Å². The second kappa shape index (κ2) is 13.0. The van der Waals surface area contributed by atoms with Gasteiger partial charge >= 0.3 is 6.09 Å². The van der Waals surface area contributed by atoms with E-state index in [1.54, 1.807) is 41.3 Å². The molecule has 1 saturated heterocycles. The largest absolute Gasteiger partial charge is 0.453 e. The quantitative estimate of drug-likeness (QED) is 0.167. The molecular formula is C32H37FN4O4. The minimum atomic E-state index is -1.49. The van der Waals surface area contributed by atoms with Crippen LogP contribution in [0.2, 0.25) is 0 Å². The summed E-state index contributed by atoms with van der Waals surface area (Å²) >= 11 is 0. The molecule has 1 unspecified atom stereocenters. The van der Waals surface area contributed by atoms with E-state index < -0.39 is 17.5 Å². The smallest absolute Gasteiger partial charge is 0.406 e. The fourth-order valence-electron chi connectivity index (χ4n) is 5.68. The number of nitrogens with zero attached hydrogens (tertiary/aromatic N) is 1. The van der Waals surface area contributed by atoms with Crippen LogP contribution in [0.1, 0.15) is 52.7 Å². The standard InChI is InChI=1S/C32H37FN4O4/c1-21-7-3-8-24(19-21)28-26(10-4-11-27(28)33)32(40,16-6-17-36-31(39)41-2)25-9-5-18-37(20-25)30(38)23-14-12-22(13-15-23)29(34)35/h3-4,7-8,10-15,19,25,40H,5-6,9,16-18,20H2,1-2H3,(H3,34,35)(H,36,39)/t25-,32?/m1/s1. The van der Waals surface area contributed by atoms with Gasteiger partial charge in [-0.3, -0.25) is 10.2 Å². The lowest BCUT2D eigenvalue weighted by Crippen LogP contribution is -2.48. The Morgan fingerprint density at radius 2 is 1.85 bits per heavy atom. The van der Waals surface area contributed by atoms with Crippen molar-refractivity contribution in [3.05, 3.63) is 94.8 Å². The van der Waals surface area contributed by atoms with Crippen molar-refractivity contribution >= 4 is 17.8 Å². The Hall–Kier alpha value is -4.24. The number of alkyl carbamates (subject to hydrolysis) is 1. The summed E-state index contributed by atoms with van der Waals surface area (Å²) in [7, 11) is 1.29. The van der Waals surface area contributed by atoms with Crippen LogP contribution in [0.25, 0.3) is 11.1 Å². The van der Waals surface area contributed by atoms with Crippen molar-refractivity contribution in [1.82, 2.24) is 10.2 Å². The number of carbonyl (C=O) groups is 2. The molecule has 9 heteroatoms. The number of amides is 2. The molecular weight excluding hydrogens is 523 g/mol. The SMILES string of the molecule is COC(=O)NCCCC(O)(c1cccc(F)c1-c1cccc(C)c1)[C@@H]1CCCN(C(=O)c2ccc(C(=N)N)cc2)C1. The fraction of sp³-hybridized carbons (Fsp3) is 0.344. The van der Waals surface area contributed by atoms with Gasteiger partial charge in [-0.15, -0.1) is 0 Å². The number of rotatable bonds is 9. The third-order valence-corrected chi connectivity index (χ3v) is 7.80. The summed E-state index contributed by atoms with van der Waals surface area (Å²) in [4.78, 5) is 26.8. The number of likely N-dealkylation sites (tertiary alicyclic amines) is 1. The molecule has 3 aromatic rings. The van der Waals surface area contributed by atoms with Crippen LogP contribution in [0.3, 0.4) is 0 Å². The maximum atomic E-state index is 15.5. The first-order chi connectivity index (χ1) is 19.6. The van der Waals surface area contributed by atoms with Crippen LogP contribution in [0.5, 0.6) is 0 Å². The number of nitrogens with two attached hydrogens (primary N) is 1. The van der Waals surface area contributed by atoms with Gasteiger partial charge in [0.1, 0.15) is 11.7 Å². The number of hydrogen-bond acceptors (Lipinski definition) is 5. The summed E-state index contributed by atoms with van der Waals surface area (Å²) in [5, 5.41) is 22.8. The average Bonchev–Trinajstić information content (AvgIpc) is 2.98. The van der Waals surface area contributed by atoms with Crippen LogP contribution < -0.4 is 11.1 Å². The molecule has 0 spiro atoms. The Morgan fingerprint density at radius 3 is 2.54 bits per heavy atom. The van der Waals surface area contributed by atoms with Gasteiger partial charge in [-0.1, -0.05) is 54.1 Å². The molecule has 4 rings (SSSR count). The number of nitrogens with one attached hydrogen (secondary N) is 2.